The molecular formula is C12H17BrOS. The van der Waals surface area contributed by atoms with Crippen LogP contribution >= 0.6 is 27.7 Å². The standard InChI is InChI=1S/C12H17BrOS/c1-2-15-8-7-11(9-14)10-3-5-12(13)6-4-10/h3-6,11,14H,2,7-9H2,1H3. The summed E-state index contributed by atoms with van der Waals surface area (Å²) in [7, 11) is 0. The van der Waals surface area contributed by atoms with Gasteiger partial charge in [-0.05, 0) is 35.6 Å². The summed E-state index contributed by atoms with van der Waals surface area (Å²) in [4.78, 5) is 0. The molecule has 1 aromatic rings. The maximum absolute atomic E-state index is 9.33. The van der Waals surface area contributed by atoms with E-state index in [9.17, 15) is 5.11 Å². The Kier molecular flexibility index (Phi) is 6.37. The quantitative estimate of drug-likeness (QED) is 0.806. The van der Waals surface area contributed by atoms with Crippen molar-refractivity contribution in [2.75, 3.05) is 18.1 Å². The van der Waals surface area contributed by atoms with Crippen LogP contribution in [0.1, 0.15) is 24.8 Å². The van der Waals surface area contributed by atoms with Crippen molar-refractivity contribution in [1.29, 1.82) is 0 Å². The molecule has 0 aliphatic rings. The Morgan fingerprint density at radius 3 is 2.53 bits per heavy atom. The Hall–Kier alpha value is 0.01000. The monoisotopic (exact) mass is 288 g/mol. The lowest BCUT2D eigenvalue weighted by Gasteiger charge is -2.14. The molecule has 0 fully saturated rings. The number of rotatable bonds is 6. The van der Waals surface area contributed by atoms with Gasteiger partial charge >= 0.3 is 0 Å². The van der Waals surface area contributed by atoms with Crippen molar-refractivity contribution >= 4 is 27.7 Å². The van der Waals surface area contributed by atoms with Crippen LogP contribution < -0.4 is 0 Å². The fraction of sp³-hybridized carbons (Fsp3) is 0.500. The van der Waals surface area contributed by atoms with Crippen LogP contribution in [0.5, 0.6) is 0 Å². The number of benzene rings is 1. The summed E-state index contributed by atoms with van der Waals surface area (Å²) in [6.45, 7) is 2.41. The predicted molar refractivity (Wildman–Crippen MR) is 71.6 cm³/mol. The predicted octanol–water partition coefficient (Wildman–Crippen LogP) is 3.67. The summed E-state index contributed by atoms with van der Waals surface area (Å²) in [6.07, 6.45) is 1.05. The second-order valence-electron chi connectivity index (χ2n) is 3.42. The largest absolute Gasteiger partial charge is 0.396 e. The van der Waals surface area contributed by atoms with Gasteiger partial charge in [0.1, 0.15) is 0 Å². The van der Waals surface area contributed by atoms with Crippen LogP contribution in [0, 0.1) is 0 Å². The fourth-order valence-electron chi connectivity index (χ4n) is 1.47. The van der Waals surface area contributed by atoms with Crippen molar-refractivity contribution in [3.63, 3.8) is 0 Å². The highest BCUT2D eigenvalue weighted by molar-refractivity contribution is 9.10. The lowest BCUT2D eigenvalue weighted by atomic mass is 9.98. The molecule has 15 heavy (non-hydrogen) atoms. The summed E-state index contributed by atoms with van der Waals surface area (Å²) in [6, 6.07) is 8.24. The molecule has 0 saturated carbocycles. The van der Waals surface area contributed by atoms with Gasteiger partial charge in [-0.15, -0.1) is 0 Å². The zero-order chi connectivity index (χ0) is 11.1. The zero-order valence-electron chi connectivity index (χ0n) is 8.95. The lowest BCUT2D eigenvalue weighted by Crippen LogP contribution is -2.05. The number of hydrogen-bond donors (Lipinski definition) is 1. The van der Waals surface area contributed by atoms with Crippen molar-refractivity contribution < 1.29 is 5.11 Å². The number of thioether (sulfide) groups is 1. The highest BCUT2D eigenvalue weighted by atomic mass is 79.9. The number of aliphatic hydroxyl groups is 1. The minimum atomic E-state index is 0.242. The van der Waals surface area contributed by atoms with E-state index in [-0.39, 0.29) is 12.5 Å². The molecule has 0 aliphatic carbocycles. The smallest absolute Gasteiger partial charge is 0.0500 e. The van der Waals surface area contributed by atoms with Gasteiger partial charge in [0.2, 0.25) is 0 Å². The van der Waals surface area contributed by atoms with Crippen molar-refractivity contribution in [2.45, 2.75) is 19.3 Å². The van der Waals surface area contributed by atoms with Crippen molar-refractivity contribution in [3.8, 4) is 0 Å². The van der Waals surface area contributed by atoms with E-state index in [1.54, 1.807) is 0 Å². The minimum absolute atomic E-state index is 0.242. The highest BCUT2D eigenvalue weighted by Gasteiger charge is 2.09. The van der Waals surface area contributed by atoms with Crippen molar-refractivity contribution in [3.05, 3.63) is 34.3 Å². The molecule has 0 saturated heterocycles. The van der Waals surface area contributed by atoms with E-state index >= 15 is 0 Å². The van der Waals surface area contributed by atoms with E-state index in [1.807, 2.05) is 23.9 Å². The van der Waals surface area contributed by atoms with E-state index < -0.39 is 0 Å². The maximum atomic E-state index is 9.33. The third-order valence-corrected chi connectivity index (χ3v) is 3.84. The summed E-state index contributed by atoms with van der Waals surface area (Å²) in [5.74, 6) is 2.56. The van der Waals surface area contributed by atoms with Crippen LogP contribution in [-0.4, -0.2) is 23.2 Å². The first-order valence-electron chi connectivity index (χ1n) is 5.22. The molecule has 1 nitrogen and oxygen atoms in total. The number of aliphatic hydroxyl groups excluding tert-OH is 1. The number of halogens is 1. The Morgan fingerprint density at radius 2 is 2.00 bits per heavy atom. The van der Waals surface area contributed by atoms with Gasteiger partial charge in [0.15, 0.2) is 0 Å². The Morgan fingerprint density at radius 1 is 1.33 bits per heavy atom. The van der Waals surface area contributed by atoms with Gasteiger partial charge in [-0.1, -0.05) is 35.0 Å². The molecule has 0 amide bonds. The molecule has 1 rings (SSSR count). The van der Waals surface area contributed by atoms with Crippen LogP contribution in [0.3, 0.4) is 0 Å². The van der Waals surface area contributed by atoms with Crippen LogP contribution in [0.2, 0.25) is 0 Å². The third-order valence-electron chi connectivity index (χ3n) is 2.38. The maximum Gasteiger partial charge on any atom is 0.0500 e. The van der Waals surface area contributed by atoms with Crippen molar-refractivity contribution in [2.24, 2.45) is 0 Å². The third kappa shape index (κ3) is 4.58. The molecule has 0 heterocycles. The summed E-state index contributed by atoms with van der Waals surface area (Å²) in [5, 5.41) is 9.33. The minimum Gasteiger partial charge on any atom is -0.396 e. The van der Waals surface area contributed by atoms with Crippen molar-refractivity contribution in [1.82, 2.24) is 0 Å². The molecule has 1 N–H and O–H groups in total. The first kappa shape index (κ1) is 13.1. The average Bonchev–Trinajstić information content (AvgIpc) is 2.26. The molecule has 0 aliphatic heterocycles. The Labute approximate surface area is 104 Å². The normalized spacial score (nSPS) is 12.7. The van der Waals surface area contributed by atoms with Gasteiger partial charge in [0.05, 0.1) is 0 Å². The van der Waals surface area contributed by atoms with Crippen LogP contribution in [0.4, 0.5) is 0 Å². The van der Waals surface area contributed by atoms with Crippen LogP contribution in [0.15, 0.2) is 28.7 Å². The van der Waals surface area contributed by atoms with Crippen LogP contribution in [-0.2, 0) is 0 Å². The average molecular weight is 289 g/mol. The molecule has 3 heteroatoms. The molecule has 0 spiro atoms. The molecule has 1 atom stereocenters. The summed E-state index contributed by atoms with van der Waals surface area (Å²) in [5.41, 5.74) is 1.23. The summed E-state index contributed by atoms with van der Waals surface area (Å²) >= 11 is 5.34. The Balaban J connectivity index is 2.53. The zero-order valence-corrected chi connectivity index (χ0v) is 11.4. The molecule has 0 radical (unpaired) electrons. The molecular weight excluding hydrogens is 272 g/mol. The van der Waals surface area contributed by atoms with E-state index in [0.717, 1.165) is 22.4 Å². The summed E-state index contributed by atoms with van der Waals surface area (Å²) < 4.78 is 1.09. The van der Waals surface area contributed by atoms with E-state index in [2.05, 4.69) is 35.0 Å². The van der Waals surface area contributed by atoms with Gasteiger partial charge in [-0.2, -0.15) is 11.8 Å². The van der Waals surface area contributed by atoms with Gasteiger partial charge in [-0.25, -0.2) is 0 Å². The second kappa shape index (κ2) is 7.31. The molecule has 84 valence electrons. The van der Waals surface area contributed by atoms with E-state index in [4.69, 9.17) is 0 Å². The van der Waals surface area contributed by atoms with Gasteiger partial charge in [-0.3, -0.25) is 0 Å². The highest BCUT2D eigenvalue weighted by Crippen LogP contribution is 2.23. The van der Waals surface area contributed by atoms with Crippen LogP contribution in [0.25, 0.3) is 0 Å². The first-order valence-corrected chi connectivity index (χ1v) is 7.16. The topological polar surface area (TPSA) is 20.2 Å². The Bertz CT molecular complexity index is 273. The lowest BCUT2D eigenvalue weighted by molar-refractivity contribution is 0.263. The first-order chi connectivity index (χ1) is 7.27. The molecule has 1 aromatic carbocycles. The molecule has 0 bridgehead atoms. The van der Waals surface area contributed by atoms with Gasteiger partial charge < -0.3 is 5.11 Å². The SMILES string of the molecule is CCSCCC(CO)c1ccc(Br)cc1. The van der Waals surface area contributed by atoms with Gasteiger partial charge in [0, 0.05) is 17.0 Å². The van der Waals surface area contributed by atoms with E-state index in [0.29, 0.717) is 0 Å². The van der Waals surface area contributed by atoms with Gasteiger partial charge in [0.25, 0.3) is 0 Å². The van der Waals surface area contributed by atoms with E-state index in [1.165, 1.54) is 5.56 Å². The number of hydrogen-bond acceptors (Lipinski definition) is 2. The fourth-order valence-corrected chi connectivity index (χ4v) is 2.47. The molecule has 1 unspecified atom stereocenters. The molecule has 0 aromatic heterocycles. The second-order valence-corrected chi connectivity index (χ2v) is 5.73.